The molecule has 1 aromatic rings. The number of nitrogens with one attached hydrogen (secondary N) is 1. The number of methoxy groups -OCH3 is 1. The lowest BCUT2D eigenvalue weighted by atomic mass is 10.0. The molecule has 1 atom stereocenters. The fourth-order valence-corrected chi connectivity index (χ4v) is 2.06. The fourth-order valence-electron chi connectivity index (χ4n) is 2.06. The van der Waals surface area contributed by atoms with Crippen LogP contribution in [0.5, 0.6) is 0 Å². The highest BCUT2D eigenvalue weighted by atomic mass is 16.5. The lowest BCUT2D eigenvalue weighted by Gasteiger charge is -2.18. The quantitative estimate of drug-likeness (QED) is 0.648. The molecule has 0 saturated heterocycles. The SMILES string of the molecule is CCCNC(CCCOC)CCc1cccnc1. The van der Waals surface area contributed by atoms with E-state index in [9.17, 15) is 0 Å². The van der Waals surface area contributed by atoms with Crippen molar-refractivity contribution in [1.29, 1.82) is 0 Å². The molecular weight excluding hydrogens is 224 g/mol. The summed E-state index contributed by atoms with van der Waals surface area (Å²) in [6.07, 6.45) is 9.57. The van der Waals surface area contributed by atoms with E-state index in [0.717, 1.165) is 26.0 Å². The molecule has 0 fully saturated rings. The van der Waals surface area contributed by atoms with E-state index in [2.05, 4.69) is 23.3 Å². The van der Waals surface area contributed by atoms with Gasteiger partial charge in [0.15, 0.2) is 0 Å². The largest absolute Gasteiger partial charge is 0.385 e. The van der Waals surface area contributed by atoms with E-state index in [1.807, 2.05) is 18.5 Å². The summed E-state index contributed by atoms with van der Waals surface area (Å²) >= 11 is 0. The number of rotatable bonds is 10. The first-order valence-electron chi connectivity index (χ1n) is 6.98. The molecule has 0 aromatic carbocycles. The van der Waals surface area contributed by atoms with Gasteiger partial charge < -0.3 is 10.1 Å². The van der Waals surface area contributed by atoms with Crippen LogP contribution in [0.1, 0.15) is 38.2 Å². The second-order valence-corrected chi connectivity index (χ2v) is 4.69. The van der Waals surface area contributed by atoms with E-state index in [0.29, 0.717) is 6.04 Å². The first-order chi connectivity index (χ1) is 8.86. The zero-order valence-electron chi connectivity index (χ0n) is 11.7. The summed E-state index contributed by atoms with van der Waals surface area (Å²) in [5.74, 6) is 0. The van der Waals surface area contributed by atoms with Crippen LogP contribution in [0.25, 0.3) is 0 Å². The van der Waals surface area contributed by atoms with Gasteiger partial charge in [-0.3, -0.25) is 4.98 Å². The Kier molecular flexibility index (Phi) is 8.43. The summed E-state index contributed by atoms with van der Waals surface area (Å²) in [5.41, 5.74) is 1.33. The Balaban J connectivity index is 2.30. The maximum absolute atomic E-state index is 5.12. The zero-order valence-corrected chi connectivity index (χ0v) is 11.7. The van der Waals surface area contributed by atoms with Crippen molar-refractivity contribution >= 4 is 0 Å². The van der Waals surface area contributed by atoms with Gasteiger partial charge in [0.2, 0.25) is 0 Å². The van der Waals surface area contributed by atoms with Gasteiger partial charge in [-0.15, -0.1) is 0 Å². The highest BCUT2D eigenvalue weighted by Crippen LogP contribution is 2.08. The average molecular weight is 250 g/mol. The van der Waals surface area contributed by atoms with Gasteiger partial charge in [0.05, 0.1) is 0 Å². The van der Waals surface area contributed by atoms with Crippen LogP contribution >= 0.6 is 0 Å². The Labute approximate surface area is 111 Å². The maximum atomic E-state index is 5.12. The molecule has 1 N–H and O–H groups in total. The first kappa shape index (κ1) is 15.1. The lowest BCUT2D eigenvalue weighted by Crippen LogP contribution is -2.30. The van der Waals surface area contributed by atoms with E-state index in [-0.39, 0.29) is 0 Å². The van der Waals surface area contributed by atoms with Gasteiger partial charge >= 0.3 is 0 Å². The Morgan fingerprint density at radius 1 is 1.39 bits per heavy atom. The van der Waals surface area contributed by atoms with E-state index < -0.39 is 0 Å². The molecule has 1 rings (SSSR count). The number of aryl methyl sites for hydroxylation is 1. The molecule has 3 nitrogen and oxygen atoms in total. The molecule has 1 heterocycles. The van der Waals surface area contributed by atoms with Crippen LogP contribution in [0.3, 0.4) is 0 Å². The fraction of sp³-hybridized carbons (Fsp3) is 0.667. The molecule has 1 unspecified atom stereocenters. The van der Waals surface area contributed by atoms with Gasteiger partial charge in [0, 0.05) is 32.2 Å². The van der Waals surface area contributed by atoms with E-state index in [4.69, 9.17) is 4.74 Å². The maximum Gasteiger partial charge on any atom is 0.0462 e. The predicted molar refractivity (Wildman–Crippen MR) is 75.7 cm³/mol. The van der Waals surface area contributed by atoms with Crippen molar-refractivity contribution in [3.8, 4) is 0 Å². The average Bonchev–Trinajstić information content (AvgIpc) is 2.42. The molecule has 0 aliphatic heterocycles. The van der Waals surface area contributed by atoms with Crippen molar-refractivity contribution in [2.75, 3.05) is 20.3 Å². The highest BCUT2D eigenvalue weighted by Gasteiger charge is 2.07. The monoisotopic (exact) mass is 250 g/mol. The van der Waals surface area contributed by atoms with Crippen molar-refractivity contribution in [3.63, 3.8) is 0 Å². The molecule has 0 bridgehead atoms. The van der Waals surface area contributed by atoms with Gasteiger partial charge in [-0.25, -0.2) is 0 Å². The van der Waals surface area contributed by atoms with E-state index >= 15 is 0 Å². The van der Waals surface area contributed by atoms with Crippen LogP contribution in [0.2, 0.25) is 0 Å². The normalized spacial score (nSPS) is 12.6. The van der Waals surface area contributed by atoms with Crippen molar-refractivity contribution in [1.82, 2.24) is 10.3 Å². The standard InChI is InChI=1S/C15H26N2O/c1-3-10-17-15(7-5-12-18-2)9-8-14-6-4-11-16-13-14/h4,6,11,13,15,17H,3,5,7-10,12H2,1-2H3. The molecule has 0 radical (unpaired) electrons. The minimum absolute atomic E-state index is 0.598. The first-order valence-corrected chi connectivity index (χ1v) is 6.98. The lowest BCUT2D eigenvalue weighted by molar-refractivity contribution is 0.188. The van der Waals surface area contributed by atoms with Crippen LogP contribution in [0.15, 0.2) is 24.5 Å². The predicted octanol–water partition coefficient (Wildman–Crippen LogP) is 2.81. The number of ether oxygens (including phenoxy) is 1. The second-order valence-electron chi connectivity index (χ2n) is 4.69. The van der Waals surface area contributed by atoms with Gasteiger partial charge in [0.25, 0.3) is 0 Å². The third-order valence-corrected chi connectivity index (χ3v) is 3.09. The summed E-state index contributed by atoms with van der Waals surface area (Å²) in [6.45, 7) is 4.17. The molecule has 3 heteroatoms. The van der Waals surface area contributed by atoms with Crippen molar-refractivity contribution < 1.29 is 4.74 Å². The van der Waals surface area contributed by atoms with Crippen molar-refractivity contribution in [2.45, 2.75) is 45.1 Å². The number of aromatic nitrogens is 1. The number of pyridine rings is 1. The van der Waals surface area contributed by atoms with Crippen molar-refractivity contribution in [3.05, 3.63) is 30.1 Å². The van der Waals surface area contributed by atoms with Crippen LogP contribution < -0.4 is 5.32 Å². The van der Waals surface area contributed by atoms with Crippen LogP contribution in [-0.2, 0) is 11.2 Å². The summed E-state index contributed by atoms with van der Waals surface area (Å²) in [4.78, 5) is 4.16. The number of nitrogens with zero attached hydrogens (tertiary/aromatic N) is 1. The topological polar surface area (TPSA) is 34.1 Å². The Hall–Kier alpha value is -0.930. The van der Waals surface area contributed by atoms with Gasteiger partial charge in [0.1, 0.15) is 0 Å². The summed E-state index contributed by atoms with van der Waals surface area (Å²) in [7, 11) is 1.77. The summed E-state index contributed by atoms with van der Waals surface area (Å²) < 4.78 is 5.12. The third kappa shape index (κ3) is 6.72. The summed E-state index contributed by atoms with van der Waals surface area (Å²) in [5, 5.41) is 3.62. The van der Waals surface area contributed by atoms with Gasteiger partial charge in [-0.05, 0) is 50.3 Å². The molecule has 18 heavy (non-hydrogen) atoms. The summed E-state index contributed by atoms with van der Waals surface area (Å²) in [6, 6.07) is 4.76. The van der Waals surface area contributed by atoms with Gasteiger partial charge in [-0.2, -0.15) is 0 Å². The third-order valence-electron chi connectivity index (χ3n) is 3.09. The Morgan fingerprint density at radius 3 is 2.94 bits per heavy atom. The molecule has 0 spiro atoms. The van der Waals surface area contributed by atoms with E-state index in [1.165, 1.54) is 24.8 Å². The van der Waals surface area contributed by atoms with Gasteiger partial charge in [-0.1, -0.05) is 13.0 Å². The molecule has 102 valence electrons. The smallest absolute Gasteiger partial charge is 0.0462 e. The van der Waals surface area contributed by atoms with Crippen LogP contribution in [-0.4, -0.2) is 31.3 Å². The molecule has 0 aliphatic carbocycles. The van der Waals surface area contributed by atoms with Crippen LogP contribution in [0, 0.1) is 0 Å². The Bertz CT molecular complexity index is 290. The van der Waals surface area contributed by atoms with Crippen LogP contribution in [0.4, 0.5) is 0 Å². The number of hydrogen-bond acceptors (Lipinski definition) is 3. The minimum atomic E-state index is 0.598. The highest BCUT2D eigenvalue weighted by molar-refractivity contribution is 5.08. The molecule has 1 aromatic heterocycles. The minimum Gasteiger partial charge on any atom is -0.385 e. The molecule has 0 amide bonds. The van der Waals surface area contributed by atoms with E-state index in [1.54, 1.807) is 7.11 Å². The number of hydrogen-bond donors (Lipinski definition) is 1. The Morgan fingerprint density at radius 2 is 2.28 bits per heavy atom. The second kappa shape index (κ2) is 10.0. The van der Waals surface area contributed by atoms with Crippen molar-refractivity contribution in [2.24, 2.45) is 0 Å². The molecule has 0 aliphatic rings. The zero-order chi connectivity index (χ0) is 13.1. The molecular formula is C15H26N2O. The molecule has 0 saturated carbocycles.